The Morgan fingerprint density at radius 3 is 2.41 bits per heavy atom. The Balaban J connectivity index is 2.08. The number of hydrogen-bond acceptors (Lipinski definition) is 2. The predicted octanol–water partition coefficient (Wildman–Crippen LogP) is 3.99. The minimum absolute atomic E-state index is 0.0347. The molecule has 1 aliphatic heterocycles. The van der Waals surface area contributed by atoms with E-state index in [1.165, 1.54) is 0 Å². The van der Waals surface area contributed by atoms with Crippen LogP contribution in [0.1, 0.15) is 29.6 Å². The third-order valence-corrected chi connectivity index (χ3v) is 3.69. The number of rotatable bonds is 3. The maximum Gasteiger partial charge on any atom is 0.166 e. The first-order valence-electron chi connectivity index (χ1n) is 5.73. The molecule has 0 aromatic heterocycles. The largest absolute Gasteiger partial charge is 0.381 e. The monoisotopic (exact) mass is 272 g/mol. The summed E-state index contributed by atoms with van der Waals surface area (Å²) in [5.41, 5.74) is 0.460. The lowest BCUT2D eigenvalue weighted by Gasteiger charge is -2.21. The van der Waals surface area contributed by atoms with Crippen molar-refractivity contribution in [3.8, 4) is 0 Å². The molecule has 0 radical (unpaired) electrons. The van der Waals surface area contributed by atoms with Crippen LogP contribution < -0.4 is 0 Å². The van der Waals surface area contributed by atoms with Gasteiger partial charge in [-0.15, -0.1) is 0 Å². The van der Waals surface area contributed by atoms with Crippen molar-refractivity contribution >= 4 is 29.0 Å². The molecule has 1 aromatic carbocycles. The zero-order chi connectivity index (χ0) is 12.3. The highest BCUT2D eigenvalue weighted by molar-refractivity contribution is 6.39. The van der Waals surface area contributed by atoms with Crippen LogP contribution in [-0.2, 0) is 4.74 Å². The van der Waals surface area contributed by atoms with E-state index in [-0.39, 0.29) is 5.78 Å². The molecule has 2 nitrogen and oxygen atoms in total. The predicted molar refractivity (Wildman–Crippen MR) is 69.0 cm³/mol. The number of carbonyl (C=O) groups excluding carboxylic acids is 1. The van der Waals surface area contributed by atoms with Crippen LogP contribution in [0.3, 0.4) is 0 Å². The van der Waals surface area contributed by atoms with Gasteiger partial charge in [-0.2, -0.15) is 0 Å². The molecule has 1 heterocycles. The maximum atomic E-state index is 12.1. The Labute approximate surface area is 111 Å². The van der Waals surface area contributed by atoms with Crippen LogP contribution in [0.2, 0.25) is 10.0 Å². The first-order chi connectivity index (χ1) is 8.18. The SMILES string of the molecule is O=C(CC1CCOCC1)c1c(Cl)cccc1Cl. The van der Waals surface area contributed by atoms with E-state index in [2.05, 4.69) is 0 Å². The van der Waals surface area contributed by atoms with E-state index in [1.807, 2.05) is 0 Å². The quantitative estimate of drug-likeness (QED) is 0.778. The molecule has 2 rings (SSSR count). The first-order valence-corrected chi connectivity index (χ1v) is 6.49. The minimum atomic E-state index is 0.0347. The minimum Gasteiger partial charge on any atom is -0.381 e. The van der Waals surface area contributed by atoms with Gasteiger partial charge < -0.3 is 4.74 Å². The molecule has 0 unspecified atom stereocenters. The second kappa shape index (κ2) is 5.85. The number of carbonyl (C=O) groups is 1. The summed E-state index contributed by atoms with van der Waals surface area (Å²) in [6.07, 6.45) is 2.38. The van der Waals surface area contributed by atoms with Crippen molar-refractivity contribution in [1.29, 1.82) is 0 Å². The molecule has 1 aliphatic rings. The normalized spacial score (nSPS) is 17.1. The van der Waals surface area contributed by atoms with E-state index < -0.39 is 0 Å². The van der Waals surface area contributed by atoms with Gasteiger partial charge in [-0.05, 0) is 30.9 Å². The molecule has 0 atom stereocenters. The van der Waals surface area contributed by atoms with Crippen LogP contribution in [0.25, 0.3) is 0 Å². The highest BCUT2D eigenvalue weighted by Gasteiger charge is 2.21. The van der Waals surface area contributed by atoms with E-state index >= 15 is 0 Å². The average Bonchev–Trinajstić information content (AvgIpc) is 2.30. The number of hydrogen-bond donors (Lipinski definition) is 0. The van der Waals surface area contributed by atoms with Crippen molar-refractivity contribution in [2.75, 3.05) is 13.2 Å². The molecule has 0 amide bonds. The van der Waals surface area contributed by atoms with Crippen LogP contribution in [-0.4, -0.2) is 19.0 Å². The molecule has 0 spiro atoms. The van der Waals surface area contributed by atoms with Crippen molar-refractivity contribution in [1.82, 2.24) is 0 Å². The lowest BCUT2D eigenvalue weighted by atomic mass is 9.92. The smallest absolute Gasteiger partial charge is 0.166 e. The summed E-state index contributed by atoms with van der Waals surface area (Å²) in [5, 5.41) is 0.879. The van der Waals surface area contributed by atoms with E-state index in [4.69, 9.17) is 27.9 Å². The van der Waals surface area contributed by atoms with Gasteiger partial charge in [0.25, 0.3) is 0 Å². The highest BCUT2D eigenvalue weighted by Crippen LogP contribution is 2.28. The van der Waals surface area contributed by atoms with Crippen molar-refractivity contribution < 1.29 is 9.53 Å². The van der Waals surface area contributed by atoms with Gasteiger partial charge in [-0.1, -0.05) is 29.3 Å². The van der Waals surface area contributed by atoms with E-state index in [0.29, 0.717) is 27.9 Å². The number of Topliss-reactive ketones (excluding diaryl/α,β-unsaturated/α-hetero) is 1. The molecule has 1 fully saturated rings. The van der Waals surface area contributed by atoms with Gasteiger partial charge in [-0.3, -0.25) is 4.79 Å². The molecule has 1 aromatic rings. The van der Waals surface area contributed by atoms with Gasteiger partial charge in [-0.25, -0.2) is 0 Å². The second-order valence-corrected chi connectivity index (χ2v) is 5.09. The molecule has 0 saturated carbocycles. The molecule has 0 aliphatic carbocycles. The van der Waals surface area contributed by atoms with Crippen LogP contribution in [0, 0.1) is 5.92 Å². The molecule has 4 heteroatoms. The lowest BCUT2D eigenvalue weighted by molar-refractivity contribution is 0.0601. The molecule has 92 valence electrons. The van der Waals surface area contributed by atoms with E-state index in [0.717, 1.165) is 26.1 Å². The van der Waals surface area contributed by atoms with Crippen LogP contribution in [0.15, 0.2) is 18.2 Å². The van der Waals surface area contributed by atoms with Crippen molar-refractivity contribution in [2.45, 2.75) is 19.3 Å². The Bertz CT molecular complexity index is 392. The molecular weight excluding hydrogens is 259 g/mol. The average molecular weight is 273 g/mol. The molecule has 0 N–H and O–H groups in total. The zero-order valence-corrected chi connectivity index (χ0v) is 10.9. The summed E-state index contributed by atoms with van der Waals surface area (Å²) in [5.74, 6) is 0.427. The second-order valence-electron chi connectivity index (χ2n) is 4.28. The number of ketones is 1. The Hall–Kier alpha value is -0.570. The van der Waals surface area contributed by atoms with Gasteiger partial charge in [0.1, 0.15) is 0 Å². The van der Waals surface area contributed by atoms with Crippen LogP contribution >= 0.6 is 23.2 Å². The van der Waals surface area contributed by atoms with Crippen molar-refractivity contribution in [3.05, 3.63) is 33.8 Å². The third-order valence-electron chi connectivity index (χ3n) is 3.06. The van der Waals surface area contributed by atoms with Gasteiger partial charge >= 0.3 is 0 Å². The summed E-state index contributed by atoms with van der Waals surface area (Å²) in [6.45, 7) is 1.49. The lowest BCUT2D eigenvalue weighted by Crippen LogP contribution is -2.19. The fraction of sp³-hybridized carbons (Fsp3) is 0.462. The Morgan fingerprint density at radius 2 is 1.82 bits per heavy atom. The first kappa shape index (κ1) is 12.9. The maximum absolute atomic E-state index is 12.1. The standard InChI is InChI=1S/C13H14Cl2O2/c14-10-2-1-3-11(15)13(10)12(16)8-9-4-6-17-7-5-9/h1-3,9H,4-8H2. The Morgan fingerprint density at radius 1 is 1.24 bits per heavy atom. The van der Waals surface area contributed by atoms with Gasteiger partial charge in [0, 0.05) is 19.6 Å². The van der Waals surface area contributed by atoms with Gasteiger partial charge in [0.2, 0.25) is 0 Å². The number of halogens is 2. The molecule has 1 saturated heterocycles. The highest BCUT2D eigenvalue weighted by atomic mass is 35.5. The van der Waals surface area contributed by atoms with Crippen LogP contribution in [0.5, 0.6) is 0 Å². The van der Waals surface area contributed by atoms with Crippen molar-refractivity contribution in [2.24, 2.45) is 5.92 Å². The summed E-state index contributed by atoms with van der Waals surface area (Å²) in [4.78, 5) is 12.1. The Kier molecular flexibility index (Phi) is 4.43. The molecule has 17 heavy (non-hydrogen) atoms. The number of benzene rings is 1. The van der Waals surface area contributed by atoms with Gasteiger partial charge in [0.05, 0.1) is 15.6 Å². The topological polar surface area (TPSA) is 26.3 Å². The number of ether oxygens (including phenoxy) is 1. The fourth-order valence-electron chi connectivity index (χ4n) is 2.08. The summed E-state index contributed by atoms with van der Waals surface area (Å²) >= 11 is 12.0. The van der Waals surface area contributed by atoms with E-state index in [1.54, 1.807) is 18.2 Å². The summed E-state index contributed by atoms with van der Waals surface area (Å²) in [6, 6.07) is 5.14. The fourth-order valence-corrected chi connectivity index (χ4v) is 2.69. The van der Waals surface area contributed by atoms with Gasteiger partial charge in [0.15, 0.2) is 5.78 Å². The van der Waals surface area contributed by atoms with Crippen molar-refractivity contribution in [3.63, 3.8) is 0 Å². The third kappa shape index (κ3) is 3.21. The summed E-state index contributed by atoms with van der Waals surface area (Å²) in [7, 11) is 0. The zero-order valence-electron chi connectivity index (χ0n) is 9.42. The van der Waals surface area contributed by atoms with E-state index in [9.17, 15) is 4.79 Å². The summed E-state index contributed by atoms with van der Waals surface area (Å²) < 4.78 is 5.27. The molecular formula is C13H14Cl2O2. The van der Waals surface area contributed by atoms with Crippen LogP contribution in [0.4, 0.5) is 0 Å². The molecule has 0 bridgehead atoms.